The number of anilines is 1. The van der Waals surface area contributed by atoms with E-state index >= 15 is 0 Å². The molecule has 2 aromatic carbocycles. The van der Waals surface area contributed by atoms with Crippen LogP contribution in [-0.4, -0.2) is 9.55 Å². The maximum absolute atomic E-state index is 12.9. The fraction of sp³-hybridized carbons (Fsp3) is 0.0625. The van der Waals surface area contributed by atoms with Gasteiger partial charge in [-0.1, -0.05) is 29.8 Å². The Morgan fingerprint density at radius 2 is 1.95 bits per heavy atom. The van der Waals surface area contributed by atoms with Gasteiger partial charge in [-0.3, -0.25) is 0 Å². The van der Waals surface area contributed by atoms with Crippen LogP contribution in [0.5, 0.6) is 0 Å². The molecule has 0 saturated carbocycles. The maximum atomic E-state index is 12.9. The Balaban J connectivity index is 1.86. The summed E-state index contributed by atoms with van der Waals surface area (Å²) in [5.74, 6) is -0.236. The van der Waals surface area contributed by atoms with Gasteiger partial charge in [0.1, 0.15) is 5.82 Å². The monoisotopic (exact) mass is 301 g/mol. The molecule has 3 rings (SSSR count). The van der Waals surface area contributed by atoms with Gasteiger partial charge >= 0.3 is 0 Å². The summed E-state index contributed by atoms with van der Waals surface area (Å²) in [6, 6.07) is 12.1. The molecule has 0 bridgehead atoms. The highest BCUT2D eigenvalue weighted by Gasteiger charge is 2.08. The van der Waals surface area contributed by atoms with Gasteiger partial charge in [0.25, 0.3) is 0 Å². The van der Waals surface area contributed by atoms with Gasteiger partial charge in [-0.05, 0) is 29.8 Å². The van der Waals surface area contributed by atoms with Crippen LogP contribution in [0.3, 0.4) is 0 Å². The van der Waals surface area contributed by atoms with Gasteiger partial charge in [-0.25, -0.2) is 9.37 Å². The molecule has 1 heterocycles. The standard InChI is InChI=1S/C16H13ClFN3/c17-14-2-1-3-15(16(14)21-9-8-19-11-21)20-10-12-4-6-13(18)7-5-12/h1-9,11,20H,10H2. The third-order valence-corrected chi connectivity index (χ3v) is 3.45. The number of halogens is 2. The third-order valence-electron chi connectivity index (χ3n) is 3.15. The van der Waals surface area contributed by atoms with Crippen LogP contribution in [0, 0.1) is 5.82 Å². The molecule has 1 N–H and O–H groups in total. The minimum Gasteiger partial charge on any atom is -0.379 e. The second-order valence-electron chi connectivity index (χ2n) is 4.59. The highest BCUT2D eigenvalue weighted by Crippen LogP contribution is 2.28. The molecule has 1 aromatic heterocycles. The van der Waals surface area contributed by atoms with E-state index in [1.54, 1.807) is 24.7 Å². The number of para-hydroxylation sites is 1. The van der Waals surface area contributed by atoms with E-state index in [9.17, 15) is 4.39 Å². The predicted molar refractivity (Wildman–Crippen MR) is 82.3 cm³/mol. The first-order valence-electron chi connectivity index (χ1n) is 6.49. The van der Waals surface area contributed by atoms with Crippen LogP contribution >= 0.6 is 11.6 Å². The minimum absolute atomic E-state index is 0.236. The van der Waals surface area contributed by atoms with E-state index in [1.807, 2.05) is 29.0 Å². The molecular weight excluding hydrogens is 289 g/mol. The molecular formula is C16H13ClFN3. The van der Waals surface area contributed by atoms with Crippen molar-refractivity contribution in [3.63, 3.8) is 0 Å². The summed E-state index contributed by atoms with van der Waals surface area (Å²) in [4.78, 5) is 4.04. The number of rotatable bonds is 4. The van der Waals surface area contributed by atoms with E-state index in [1.165, 1.54) is 12.1 Å². The zero-order chi connectivity index (χ0) is 14.7. The summed E-state index contributed by atoms with van der Waals surface area (Å²) >= 11 is 6.29. The number of benzene rings is 2. The van der Waals surface area contributed by atoms with Crippen LogP contribution in [0.1, 0.15) is 5.56 Å². The summed E-state index contributed by atoms with van der Waals surface area (Å²) in [6.07, 6.45) is 5.24. The zero-order valence-corrected chi connectivity index (χ0v) is 11.9. The van der Waals surface area contributed by atoms with Gasteiger partial charge < -0.3 is 9.88 Å². The third kappa shape index (κ3) is 3.06. The van der Waals surface area contributed by atoms with Crippen molar-refractivity contribution in [2.24, 2.45) is 0 Å². The Bertz CT molecular complexity index is 724. The molecule has 0 aliphatic heterocycles. The predicted octanol–water partition coefficient (Wildman–Crippen LogP) is 4.28. The largest absolute Gasteiger partial charge is 0.379 e. The number of hydrogen-bond acceptors (Lipinski definition) is 2. The summed E-state index contributed by atoms with van der Waals surface area (Å²) in [6.45, 7) is 0.586. The molecule has 0 saturated heterocycles. The van der Waals surface area contributed by atoms with E-state index < -0.39 is 0 Å². The number of nitrogens with zero attached hydrogens (tertiary/aromatic N) is 2. The van der Waals surface area contributed by atoms with Crippen molar-refractivity contribution in [2.45, 2.75) is 6.54 Å². The van der Waals surface area contributed by atoms with Gasteiger partial charge in [0.2, 0.25) is 0 Å². The van der Waals surface area contributed by atoms with Gasteiger partial charge in [-0.2, -0.15) is 0 Å². The average molecular weight is 302 g/mol. The highest BCUT2D eigenvalue weighted by molar-refractivity contribution is 6.33. The van der Waals surface area contributed by atoms with E-state index in [2.05, 4.69) is 10.3 Å². The Morgan fingerprint density at radius 1 is 1.14 bits per heavy atom. The van der Waals surface area contributed by atoms with Gasteiger partial charge in [-0.15, -0.1) is 0 Å². The van der Waals surface area contributed by atoms with Gasteiger partial charge in [0.15, 0.2) is 0 Å². The molecule has 0 aliphatic rings. The fourth-order valence-electron chi connectivity index (χ4n) is 2.11. The Morgan fingerprint density at radius 3 is 2.67 bits per heavy atom. The molecule has 106 valence electrons. The molecule has 21 heavy (non-hydrogen) atoms. The van der Waals surface area contributed by atoms with E-state index in [-0.39, 0.29) is 5.82 Å². The Hall–Kier alpha value is -2.33. The van der Waals surface area contributed by atoms with E-state index in [0.717, 1.165) is 16.9 Å². The van der Waals surface area contributed by atoms with Crippen molar-refractivity contribution < 1.29 is 4.39 Å². The minimum atomic E-state index is -0.236. The lowest BCUT2D eigenvalue weighted by atomic mass is 10.2. The van der Waals surface area contributed by atoms with Crippen molar-refractivity contribution in [1.29, 1.82) is 0 Å². The summed E-state index contributed by atoms with van der Waals surface area (Å²) in [7, 11) is 0. The number of aromatic nitrogens is 2. The average Bonchev–Trinajstić information content (AvgIpc) is 3.00. The number of imidazole rings is 1. The van der Waals surface area contributed by atoms with E-state index in [4.69, 9.17) is 11.6 Å². The zero-order valence-electron chi connectivity index (χ0n) is 11.1. The topological polar surface area (TPSA) is 29.9 Å². The normalized spacial score (nSPS) is 10.6. The Kier molecular flexibility index (Phi) is 3.88. The van der Waals surface area contributed by atoms with Crippen LogP contribution in [0.25, 0.3) is 5.69 Å². The molecule has 0 aliphatic carbocycles. The summed E-state index contributed by atoms with van der Waals surface area (Å²) in [5, 5.41) is 3.96. The first-order valence-corrected chi connectivity index (χ1v) is 6.87. The number of hydrogen-bond donors (Lipinski definition) is 1. The van der Waals surface area contributed by atoms with Gasteiger partial charge in [0.05, 0.1) is 22.7 Å². The SMILES string of the molecule is Fc1ccc(CNc2cccc(Cl)c2-n2ccnc2)cc1. The smallest absolute Gasteiger partial charge is 0.123 e. The molecule has 0 radical (unpaired) electrons. The van der Waals surface area contributed by atoms with Crippen LogP contribution in [0.15, 0.2) is 61.2 Å². The Labute approximate surface area is 127 Å². The first kappa shape index (κ1) is 13.6. The lowest BCUT2D eigenvalue weighted by Gasteiger charge is -2.14. The molecule has 3 aromatic rings. The van der Waals surface area contributed by atoms with E-state index in [0.29, 0.717) is 11.6 Å². The second kappa shape index (κ2) is 5.97. The molecule has 0 amide bonds. The van der Waals surface area contributed by atoms with Crippen LogP contribution < -0.4 is 5.32 Å². The van der Waals surface area contributed by atoms with Crippen LogP contribution in [0.2, 0.25) is 5.02 Å². The quantitative estimate of drug-likeness (QED) is 0.779. The van der Waals surface area contributed by atoms with Gasteiger partial charge in [0, 0.05) is 18.9 Å². The molecule has 5 heteroatoms. The lowest BCUT2D eigenvalue weighted by Crippen LogP contribution is -2.04. The van der Waals surface area contributed by atoms with Crippen molar-refractivity contribution >= 4 is 17.3 Å². The highest BCUT2D eigenvalue weighted by atomic mass is 35.5. The molecule has 0 spiro atoms. The van der Waals surface area contributed by atoms with Crippen molar-refractivity contribution in [2.75, 3.05) is 5.32 Å². The summed E-state index contributed by atoms with van der Waals surface area (Å²) < 4.78 is 14.8. The molecule has 0 atom stereocenters. The van der Waals surface area contributed by atoms with Crippen LogP contribution in [-0.2, 0) is 6.54 Å². The molecule has 0 fully saturated rings. The maximum Gasteiger partial charge on any atom is 0.123 e. The van der Waals surface area contributed by atoms with Crippen LogP contribution in [0.4, 0.5) is 10.1 Å². The van der Waals surface area contributed by atoms with Crippen molar-refractivity contribution in [3.05, 3.63) is 77.6 Å². The first-order chi connectivity index (χ1) is 10.2. The number of nitrogens with one attached hydrogen (secondary N) is 1. The molecule has 0 unspecified atom stereocenters. The van der Waals surface area contributed by atoms with Crippen molar-refractivity contribution in [1.82, 2.24) is 9.55 Å². The summed E-state index contributed by atoms with van der Waals surface area (Å²) in [5.41, 5.74) is 2.73. The lowest BCUT2D eigenvalue weighted by molar-refractivity contribution is 0.627. The second-order valence-corrected chi connectivity index (χ2v) is 4.99. The van der Waals surface area contributed by atoms with Crippen molar-refractivity contribution in [3.8, 4) is 5.69 Å². The fourth-order valence-corrected chi connectivity index (χ4v) is 2.38. The molecule has 3 nitrogen and oxygen atoms in total.